The third kappa shape index (κ3) is 17.1. The number of amides is 1. The van der Waals surface area contributed by atoms with Crippen molar-refractivity contribution in [1.29, 1.82) is 0 Å². The second-order valence-corrected chi connectivity index (χ2v) is 30.8. The van der Waals surface area contributed by atoms with Gasteiger partial charge in [0.1, 0.15) is 66.1 Å². The number of hydrogen-bond acceptors (Lipinski definition) is 21. The van der Waals surface area contributed by atoms with E-state index in [9.17, 15) is 58.2 Å². The van der Waals surface area contributed by atoms with Crippen LogP contribution in [0.2, 0.25) is 0 Å². The van der Waals surface area contributed by atoms with Crippen LogP contribution in [0, 0.1) is 46.8 Å². The quantitative estimate of drug-likeness (QED) is 0.0511. The lowest BCUT2D eigenvalue weighted by atomic mass is 9.54. The normalized spacial score (nSPS) is 37.0. The molecular formula is C79H109NO21. The lowest BCUT2D eigenvalue weighted by molar-refractivity contribution is -0.265. The highest BCUT2D eigenvalue weighted by Gasteiger charge is 2.65. The summed E-state index contributed by atoms with van der Waals surface area (Å²) in [5.74, 6) is -10.7. The highest BCUT2D eigenvalue weighted by Crippen LogP contribution is 2.61. The topological polar surface area (TPSA) is 301 Å². The number of ketones is 5. The molecule has 2 bridgehead atoms. The molecule has 101 heavy (non-hydrogen) atoms. The molecule has 4 fully saturated rings. The smallest absolute Gasteiger partial charge is 0.342 e. The number of nitrogens with zero attached hydrogens (tertiary/aromatic N) is 1. The average Bonchev–Trinajstić information content (AvgIpc) is 1.64. The first kappa shape index (κ1) is 78.6. The van der Waals surface area contributed by atoms with Gasteiger partial charge in [0.15, 0.2) is 11.5 Å². The first-order chi connectivity index (χ1) is 48.0. The van der Waals surface area contributed by atoms with Crippen LogP contribution in [-0.4, -0.2) is 169 Å². The molecule has 4 aliphatic heterocycles. The van der Waals surface area contributed by atoms with Crippen LogP contribution in [0.5, 0.6) is 0 Å². The number of cyclic esters (lactones) is 2. The number of Topliss-reactive ketones (excluding diaryl/α,β-unsaturated/α-hetero) is 5. The number of esters is 4. The summed E-state index contributed by atoms with van der Waals surface area (Å²) in [6, 6.07) is -1.20. The van der Waals surface area contributed by atoms with E-state index in [1.54, 1.807) is 40.9 Å². The van der Waals surface area contributed by atoms with E-state index >= 15 is 0 Å². The summed E-state index contributed by atoms with van der Waals surface area (Å²) in [7, 11) is 4.42. The Bertz CT molecular complexity index is 3420. The van der Waals surface area contributed by atoms with E-state index < -0.39 is 130 Å². The van der Waals surface area contributed by atoms with Gasteiger partial charge in [-0.2, -0.15) is 0 Å². The minimum atomic E-state index is -2.48. The van der Waals surface area contributed by atoms with Gasteiger partial charge >= 0.3 is 23.9 Å². The third-order valence-electron chi connectivity index (χ3n) is 23.6. The number of aliphatic hydroxyl groups excluding tert-OH is 1. The van der Waals surface area contributed by atoms with E-state index in [-0.39, 0.29) is 111 Å². The number of unbranched alkanes of at least 4 members (excludes halogenated alkanes) is 3. The Morgan fingerprint density at radius 3 is 2.17 bits per heavy atom. The van der Waals surface area contributed by atoms with E-state index in [2.05, 4.69) is 0 Å². The van der Waals surface area contributed by atoms with Crippen molar-refractivity contribution in [3.63, 3.8) is 0 Å². The zero-order valence-electron chi connectivity index (χ0n) is 61.3. The van der Waals surface area contributed by atoms with Crippen LogP contribution in [-0.2, 0) is 81.7 Å². The molecule has 1 aromatic heterocycles. The molecule has 8 aliphatic rings. The highest BCUT2D eigenvalue weighted by atomic mass is 16.6. The molecule has 1 aromatic rings. The lowest BCUT2D eigenvalue weighted by Crippen LogP contribution is -2.61. The van der Waals surface area contributed by atoms with Gasteiger partial charge in [0, 0.05) is 107 Å². The van der Waals surface area contributed by atoms with Gasteiger partial charge in [-0.1, -0.05) is 90.8 Å². The summed E-state index contributed by atoms with van der Waals surface area (Å²) < 4.78 is 53.7. The molecule has 17 atom stereocenters. The van der Waals surface area contributed by atoms with Crippen molar-refractivity contribution < 1.29 is 100 Å². The van der Waals surface area contributed by atoms with Crippen LogP contribution in [0.1, 0.15) is 230 Å². The monoisotopic (exact) mass is 1410 g/mol. The van der Waals surface area contributed by atoms with Gasteiger partial charge in [0.2, 0.25) is 11.6 Å². The number of furan rings is 1. The highest BCUT2D eigenvalue weighted by molar-refractivity contribution is 6.39. The number of fused-ring (bicyclic) bond motifs is 6. The molecule has 5 heterocycles. The summed E-state index contributed by atoms with van der Waals surface area (Å²) in [6.45, 7) is 16.3. The molecule has 22 heteroatoms. The Labute approximate surface area is 594 Å². The van der Waals surface area contributed by atoms with Crippen molar-refractivity contribution in [2.75, 3.05) is 34.5 Å². The molecule has 1 amide bonds. The summed E-state index contributed by atoms with van der Waals surface area (Å²) in [4.78, 5) is 142. The second-order valence-electron chi connectivity index (χ2n) is 30.8. The molecule has 2 saturated heterocycles. The number of carbonyl (C=O) groups is 10. The summed E-state index contributed by atoms with van der Waals surface area (Å²) in [5, 5.41) is 23.7. The van der Waals surface area contributed by atoms with Crippen LogP contribution in [0.3, 0.4) is 0 Å². The maximum atomic E-state index is 14.7. The zero-order valence-corrected chi connectivity index (χ0v) is 61.3. The molecule has 556 valence electrons. The average molecular weight is 1410 g/mol. The molecule has 0 spiro atoms. The van der Waals surface area contributed by atoms with E-state index in [4.69, 9.17) is 42.3 Å². The van der Waals surface area contributed by atoms with Gasteiger partial charge in [-0.25, -0.2) is 9.59 Å². The fourth-order valence-electron chi connectivity index (χ4n) is 17.4. The van der Waals surface area contributed by atoms with Crippen molar-refractivity contribution in [1.82, 2.24) is 4.90 Å². The summed E-state index contributed by atoms with van der Waals surface area (Å²) >= 11 is 0. The van der Waals surface area contributed by atoms with Gasteiger partial charge in [-0.05, 0) is 145 Å². The van der Waals surface area contributed by atoms with Gasteiger partial charge in [0.05, 0.1) is 24.2 Å². The molecule has 2 N–H and O–H groups in total. The SMILES string of the molecule is COC[C@H]1OC(=O)c2coc3c2[C@@]1(C)C1=C(C3=O)[C@@H]2CCC(=O)[C@@]2(C)C[C@H]1OC(=O)CCCCCCC(=O)OC1CCC(C[C@@H](C)[C@@H]2CC(=O)[C@H](C)/C=C(\C)[C@@H](O)[C@@H](OC)C(=O)[C@H](C)C[C@H](C)/C=C/C=C/C=C(\C)[C@@H](OC)C[C@@H]3CC[C@@H](C)[C@@](O)(O3)C(=O)C(=O)N3CCCC[C@H]3C(=O)O2)CC1. The number of rotatable bonds is 16. The van der Waals surface area contributed by atoms with E-state index in [0.717, 1.165) is 5.57 Å². The number of ether oxygens (including phenoxy) is 8. The third-order valence-corrected chi connectivity index (χ3v) is 23.6. The van der Waals surface area contributed by atoms with E-state index in [1.807, 2.05) is 65.0 Å². The Morgan fingerprint density at radius 1 is 0.782 bits per heavy atom. The number of aliphatic hydroxyl groups is 2. The standard InChI is InChI=1S/C79H109NO21/c1-44-22-16-15-17-23-45(2)58(94-11)39-53-30-27-50(7)79(92,101-53)73(88)74(89)80-35-21-20-24-56(80)76(91)99-59(40-57(81)46(3)37-49(6)69(86)72(95-12)68(85)48(5)36-44)47(4)38-51-28-31-52(32-29-51)97-63(83)25-18-13-14-19-26-64(84)98-60-41-77(8)55(33-34-61(77)82)65-67(60)78(9)62(43-93-10)100-75(90)54-42-96-71(66(54)78)70(65)87/h15-17,22-23,37,42,44,46-48,50-53,55-56,58-60,62,69,72,86,92H,13-14,18-21,24-36,38-41,43H2,1-12H3/b17-15+,22-16+,45-23+,49-37+/t44-,46-,47-,48-,50-,51?,52?,53+,55+,56+,58+,59+,60-,62-,69-,72+,77+,78+,79-/m1/s1. The number of methoxy groups -OCH3 is 3. The molecule has 2 saturated carbocycles. The maximum Gasteiger partial charge on any atom is 0.342 e. The maximum absolute atomic E-state index is 14.7. The van der Waals surface area contributed by atoms with Crippen molar-refractivity contribution in [2.24, 2.45) is 46.8 Å². The van der Waals surface area contributed by atoms with Gasteiger partial charge in [-0.3, -0.25) is 38.4 Å². The summed E-state index contributed by atoms with van der Waals surface area (Å²) in [6.07, 6.45) is 14.6. The predicted octanol–water partition coefficient (Wildman–Crippen LogP) is 11.0. The molecule has 9 rings (SSSR count). The number of carbonyl (C=O) groups excluding carboxylic acids is 10. The lowest BCUT2D eigenvalue weighted by Gasteiger charge is -2.51. The van der Waals surface area contributed by atoms with Crippen molar-refractivity contribution in [2.45, 2.75) is 270 Å². The van der Waals surface area contributed by atoms with Crippen LogP contribution in [0.25, 0.3) is 0 Å². The number of hydrogen-bond donors (Lipinski definition) is 2. The molecule has 4 aliphatic carbocycles. The van der Waals surface area contributed by atoms with Crippen LogP contribution < -0.4 is 0 Å². The molecule has 0 unspecified atom stereocenters. The Morgan fingerprint density at radius 2 is 1.49 bits per heavy atom. The summed E-state index contributed by atoms with van der Waals surface area (Å²) in [5.41, 5.74) is 0.546. The van der Waals surface area contributed by atoms with Gasteiger partial charge < -0.3 is 57.4 Å². The minimum absolute atomic E-state index is 0.00169. The second kappa shape index (κ2) is 33.9. The Kier molecular flexibility index (Phi) is 26.4. The van der Waals surface area contributed by atoms with E-state index in [1.165, 1.54) is 25.4 Å². The molecule has 0 radical (unpaired) electrons. The van der Waals surface area contributed by atoms with E-state index in [0.29, 0.717) is 119 Å². The fourth-order valence-corrected chi connectivity index (χ4v) is 17.4. The fraction of sp³-hybridized carbons (Fsp3) is 0.696. The molecule has 22 nitrogen and oxygen atoms in total. The molecule has 0 aromatic carbocycles. The van der Waals surface area contributed by atoms with Crippen LogP contribution in [0.4, 0.5) is 0 Å². The number of allylic oxidation sites excluding steroid dienone is 7. The minimum Gasteiger partial charge on any atom is -0.462 e. The van der Waals surface area contributed by atoms with Crippen LogP contribution in [0.15, 0.2) is 69.4 Å². The predicted molar refractivity (Wildman–Crippen MR) is 369 cm³/mol. The number of piperidine rings is 1. The molecular weight excluding hydrogens is 1300 g/mol. The van der Waals surface area contributed by atoms with Crippen LogP contribution >= 0.6 is 0 Å². The van der Waals surface area contributed by atoms with Gasteiger partial charge in [-0.15, -0.1) is 0 Å². The first-order valence-electron chi connectivity index (χ1n) is 37.0. The van der Waals surface area contributed by atoms with Gasteiger partial charge in [0.25, 0.3) is 11.7 Å². The Balaban J connectivity index is 0.810. The van der Waals surface area contributed by atoms with Crippen molar-refractivity contribution in [3.05, 3.63) is 81.9 Å². The first-order valence-corrected chi connectivity index (χ1v) is 37.0. The zero-order chi connectivity index (χ0) is 73.4. The largest absolute Gasteiger partial charge is 0.462 e. The van der Waals surface area contributed by atoms with Crippen molar-refractivity contribution >= 4 is 58.7 Å². The Hall–Kier alpha value is -6.56. The van der Waals surface area contributed by atoms with Crippen molar-refractivity contribution in [3.8, 4) is 0 Å².